The molecule has 2 aromatic rings. The summed E-state index contributed by atoms with van der Waals surface area (Å²) in [6.07, 6.45) is -4.42. The molecule has 0 bridgehead atoms. The Bertz CT molecular complexity index is 745. The van der Waals surface area contributed by atoms with Gasteiger partial charge in [0.1, 0.15) is 5.75 Å². The molecule has 25 heavy (non-hydrogen) atoms. The first-order valence-electron chi connectivity index (χ1n) is 7.61. The summed E-state index contributed by atoms with van der Waals surface area (Å²) in [7, 11) is 1.55. The van der Waals surface area contributed by atoms with Crippen LogP contribution in [0.4, 0.5) is 18.9 Å². The van der Waals surface area contributed by atoms with Crippen LogP contribution in [0, 0.1) is 6.92 Å². The summed E-state index contributed by atoms with van der Waals surface area (Å²) in [4.78, 5) is 11.9. The average Bonchev–Trinajstić information content (AvgIpc) is 2.58. The van der Waals surface area contributed by atoms with E-state index in [1.54, 1.807) is 19.2 Å². The van der Waals surface area contributed by atoms with E-state index in [4.69, 9.17) is 4.74 Å². The van der Waals surface area contributed by atoms with Crippen LogP contribution in [-0.4, -0.2) is 19.6 Å². The van der Waals surface area contributed by atoms with Crippen molar-refractivity contribution in [3.63, 3.8) is 0 Å². The van der Waals surface area contributed by atoms with Crippen molar-refractivity contribution >= 4 is 11.6 Å². The van der Waals surface area contributed by atoms with Crippen molar-refractivity contribution in [1.29, 1.82) is 0 Å². The minimum absolute atomic E-state index is 0.121. The highest BCUT2D eigenvalue weighted by molar-refractivity contribution is 5.80. The molecule has 134 valence electrons. The third-order valence-electron chi connectivity index (χ3n) is 3.62. The van der Waals surface area contributed by atoms with Gasteiger partial charge in [0.25, 0.3) is 0 Å². The molecule has 0 saturated heterocycles. The Balaban J connectivity index is 1.89. The monoisotopic (exact) mass is 352 g/mol. The van der Waals surface area contributed by atoms with Crippen molar-refractivity contribution in [2.75, 3.05) is 19.0 Å². The predicted octanol–water partition coefficient (Wildman–Crippen LogP) is 3.75. The molecule has 0 unspecified atom stereocenters. The topological polar surface area (TPSA) is 50.4 Å². The maximum Gasteiger partial charge on any atom is 0.416 e. The molecule has 0 radical (unpaired) electrons. The van der Waals surface area contributed by atoms with E-state index in [0.717, 1.165) is 11.6 Å². The molecule has 2 rings (SSSR count). The molecule has 0 aliphatic heterocycles. The van der Waals surface area contributed by atoms with Crippen molar-refractivity contribution in [2.45, 2.75) is 19.6 Å². The largest absolute Gasteiger partial charge is 0.497 e. The van der Waals surface area contributed by atoms with Crippen LogP contribution in [0.2, 0.25) is 0 Å². The molecule has 0 heterocycles. The number of carbonyl (C=O) groups is 1. The van der Waals surface area contributed by atoms with Crippen molar-refractivity contribution in [2.24, 2.45) is 0 Å². The van der Waals surface area contributed by atoms with Crippen LogP contribution in [0.3, 0.4) is 0 Å². The number of amides is 1. The van der Waals surface area contributed by atoms with E-state index < -0.39 is 11.7 Å². The molecule has 7 heteroatoms. The predicted molar refractivity (Wildman–Crippen MR) is 89.5 cm³/mol. The van der Waals surface area contributed by atoms with E-state index >= 15 is 0 Å². The Labute approximate surface area is 144 Å². The molecule has 0 atom stereocenters. The summed E-state index contributed by atoms with van der Waals surface area (Å²) in [6, 6.07) is 11.1. The minimum Gasteiger partial charge on any atom is -0.497 e. The van der Waals surface area contributed by atoms with Crippen molar-refractivity contribution in [1.82, 2.24) is 5.32 Å². The Morgan fingerprint density at radius 1 is 1.16 bits per heavy atom. The molecule has 1 amide bonds. The van der Waals surface area contributed by atoms with E-state index in [1.165, 1.54) is 19.1 Å². The summed E-state index contributed by atoms with van der Waals surface area (Å²) in [5.41, 5.74) is 0.534. The second-order valence-corrected chi connectivity index (χ2v) is 5.51. The van der Waals surface area contributed by atoms with E-state index in [9.17, 15) is 18.0 Å². The number of rotatable bonds is 6. The lowest BCUT2D eigenvalue weighted by atomic mass is 10.1. The van der Waals surface area contributed by atoms with Crippen LogP contribution in [0.5, 0.6) is 5.75 Å². The molecule has 0 spiro atoms. The van der Waals surface area contributed by atoms with Gasteiger partial charge in [0.15, 0.2) is 0 Å². The number of methoxy groups -OCH3 is 1. The molecular weight excluding hydrogens is 333 g/mol. The summed E-state index contributed by atoms with van der Waals surface area (Å²) in [6.45, 7) is 1.58. The minimum atomic E-state index is -4.42. The molecule has 0 fully saturated rings. The number of hydrogen-bond donors (Lipinski definition) is 2. The number of anilines is 1. The van der Waals surface area contributed by atoms with Gasteiger partial charge in [-0.3, -0.25) is 4.79 Å². The molecule has 0 aliphatic rings. The number of hydrogen-bond acceptors (Lipinski definition) is 3. The van der Waals surface area contributed by atoms with Gasteiger partial charge < -0.3 is 15.4 Å². The van der Waals surface area contributed by atoms with E-state index in [2.05, 4.69) is 10.6 Å². The number of alkyl halides is 3. The highest BCUT2D eigenvalue weighted by Gasteiger charge is 2.32. The standard InChI is InChI=1S/C18H19F3N2O2/c1-12-6-7-14(9-16(12)18(19,20)21)22-11-17(24)23-10-13-4-3-5-15(8-13)25-2/h3-9,22H,10-11H2,1-2H3,(H,23,24). The SMILES string of the molecule is COc1cccc(CNC(=O)CNc2ccc(C)c(C(F)(F)F)c2)c1. The fraction of sp³-hybridized carbons (Fsp3) is 0.278. The van der Waals surface area contributed by atoms with Gasteiger partial charge in [-0.15, -0.1) is 0 Å². The quantitative estimate of drug-likeness (QED) is 0.832. The Kier molecular flexibility index (Phi) is 5.90. The van der Waals surface area contributed by atoms with E-state index in [-0.39, 0.29) is 23.7 Å². The summed E-state index contributed by atoms with van der Waals surface area (Å²) in [5.74, 6) is 0.362. The lowest BCUT2D eigenvalue weighted by molar-refractivity contribution is -0.138. The number of halogens is 3. The highest BCUT2D eigenvalue weighted by atomic mass is 19.4. The van der Waals surface area contributed by atoms with E-state index in [1.807, 2.05) is 12.1 Å². The lowest BCUT2D eigenvalue weighted by Gasteiger charge is -2.13. The van der Waals surface area contributed by atoms with Crippen molar-refractivity contribution < 1.29 is 22.7 Å². The van der Waals surface area contributed by atoms with Crippen LogP contribution in [0.25, 0.3) is 0 Å². The first kappa shape index (κ1) is 18.6. The zero-order valence-corrected chi connectivity index (χ0v) is 13.9. The second kappa shape index (κ2) is 7.92. The Morgan fingerprint density at radius 2 is 1.92 bits per heavy atom. The molecular formula is C18H19F3N2O2. The van der Waals surface area contributed by atoms with Gasteiger partial charge in [-0.2, -0.15) is 13.2 Å². The molecule has 0 aliphatic carbocycles. The first-order chi connectivity index (χ1) is 11.8. The molecule has 2 N–H and O–H groups in total. The number of ether oxygens (including phenoxy) is 1. The summed E-state index contributed by atoms with van der Waals surface area (Å²) < 4.78 is 43.7. The van der Waals surface area contributed by atoms with E-state index in [0.29, 0.717) is 12.3 Å². The lowest BCUT2D eigenvalue weighted by Crippen LogP contribution is -2.29. The van der Waals surface area contributed by atoms with Crippen molar-refractivity contribution in [3.05, 3.63) is 59.2 Å². The fourth-order valence-corrected chi connectivity index (χ4v) is 2.27. The summed E-state index contributed by atoms with van der Waals surface area (Å²) >= 11 is 0. The van der Waals surface area contributed by atoms with Crippen molar-refractivity contribution in [3.8, 4) is 5.75 Å². The average molecular weight is 352 g/mol. The van der Waals surface area contributed by atoms with Gasteiger partial charge in [-0.1, -0.05) is 18.2 Å². The second-order valence-electron chi connectivity index (χ2n) is 5.51. The van der Waals surface area contributed by atoms with Crippen LogP contribution >= 0.6 is 0 Å². The zero-order valence-electron chi connectivity index (χ0n) is 13.9. The number of benzene rings is 2. The molecule has 0 saturated carbocycles. The van der Waals surface area contributed by atoms with Gasteiger partial charge in [-0.05, 0) is 42.3 Å². The molecule has 2 aromatic carbocycles. The van der Waals surface area contributed by atoms with Gasteiger partial charge in [0, 0.05) is 12.2 Å². The van der Waals surface area contributed by atoms with Crippen LogP contribution < -0.4 is 15.4 Å². The third-order valence-corrected chi connectivity index (χ3v) is 3.62. The normalized spacial score (nSPS) is 11.1. The first-order valence-corrected chi connectivity index (χ1v) is 7.61. The van der Waals surface area contributed by atoms with Gasteiger partial charge in [0.05, 0.1) is 19.2 Å². The van der Waals surface area contributed by atoms with Gasteiger partial charge in [-0.25, -0.2) is 0 Å². The number of aryl methyl sites for hydroxylation is 1. The summed E-state index contributed by atoms with van der Waals surface area (Å²) in [5, 5.41) is 5.40. The maximum absolute atomic E-state index is 12.9. The van der Waals surface area contributed by atoms with Crippen LogP contribution in [0.15, 0.2) is 42.5 Å². The molecule has 0 aromatic heterocycles. The number of carbonyl (C=O) groups excluding carboxylic acids is 1. The number of nitrogens with one attached hydrogen (secondary N) is 2. The van der Waals surface area contributed by atoms with Crippen LogP contribution in [0.1, 0.15) is 16.7 Å². The maximum atomic E-state index is 12.9. The Hall–Kier alpha value is -2.70. The highest BCUT2D eigenvalue weighted by Crippen LogP contribution is 2.33. The third kappa shape index (κ3) is 5.41. The van der Waals surface area contributed by atoms with Crippen LogP contribution in [-0.2, 0) is 17.5 Å². The Morgan fingerprint density at radius 3 is 2.60 bits per heavy atom. The molecule has 4 nitrogen and oxygen atoms in total. The van der Waals surface area contributed by atoms with Gasteiger partial charge >= 0.3 is 6.18 Å². The zero-order chi connectivity index (χ0) is 18.4. The van der Waals surface area contributed by atoms with Gasteiger partial charge in [0.2, 0.25) is 5.91 Å². The smallest absolute Gasteiger partial charge is 0.416 e. The fourth-order valence-electron chi connectivity index (χ4n) is 2.27.